The Morgan fingerprint density at radius 2 is 2.05 bits per heavy atom. The number of aliphatic hydroxyl groups excluding tert-OH is 1. The molecule has 0 radical (unpaired) electrons. The van der Waals surface area contributed by atoms with Crippen LogP contribution in [0.3, 0.4) is 0 Å². The molecule has 0 spiro atoms. The topological polar surface area (TPSA) is 62.4 Å². The summed E-state index contributed by atoms with van der Waals surface area (Å²) in [6.45, 7) is 4.34. The van der Waals surface area contributed by atoms with Crippen LogP contribution in [0, 0.1) is 5.92 Å². The highest BCUT2D eigenvalue weighted by molar-refractivity contribution is 5.93. The molecule has 2 heterocycles. The molecule has 0 amide bonds. The SMILES string of the molecule is CC(O)C1CCN(c2c(CN)cnc3ccccc23)CC1. The molecule has 21 heavy (non-hydrogen) atoms. The normalized spacial score (nSPS) is 18.1. The Morgan fingerprint density at radius 3 is 2.71 bits per heavy atom. The largest absolute Gasteiger partial charge is 0.393 e. The molecule has 4 heteroatoms. The van der Waals surface area contributed by atoms with E-state index in [1.54, 1.807) is 0 Å². The maximum absolute atomic E-state index is 9.76. The van der Waals surface area contributed by atoms with Crippen molar-refractivity contribution in [2.75, 3.05) is 18.0 Å². The molecule has 0 aliphatic carbocycles. The van der Waals surface area contributed by atoms with E-state index in [1.807, 2.05) is 25.3 Å². The van der Waals surface area contributed by atoms with Crippen LogP contribution in [0.1, 0.15) is 25.3 Å². The van der Waals surface area contributed by atoms with Gasteiger partial charge in [0.1, 0.15) is 0 Å². The van der Waals surface area contributed by atoms with E-state index >= 15 is 0 Å². The lowest BCUT2D eigenvalue weighted by Gasteiger charge is -2.36. The summed E-state index contributed by atoms with van der Waals surface area (Å²) in [6.07, 6.45) is 3.74. The van der Waals surface area contributed by atoms with Crippen LogP contribution in [0.15, 0.2) is 30.5 Å². The number of para-hydroxylation sites is 1. The Morgan fingerprint density at radius 1 is 1.33 bits per heavy atom. The molecule has 112 valence electrons. The molecular weight excluding hydrogens is 262 g/mol. The molecule has 1 fully saturated rings. The molecule has 3 N–H and O–H groups in total. The van der Waals surface area contributed by atoms with Crippen molar-refractivity contribution in [3.8, 4) is 0 Å². The van der Waals surface area contributed by atoms with Crippen LogP contribution in [-0.4, -0.2) is 29.3 Å². The molecule has 1 aliphatic rings. The molecule has 1 aromatic heterocycles. The Bertz CT molecular complexity index is 618. The highest BCUT2D eigenvalue weighted by Gasteiger charge is 2.25. The van der Waals surface area contributed by atoms with Crippen molar-refractivity contribution in [1.82, 2.24) is 4.98 Å². The third kappa shape index (κ3) is 2.74. The van der Waals surface area contributed by atoms with Gasteiger partial charge in [-0.05, 0) is 31.7 Å². The number of anilines is 1. The van der Waals surface area contributed by atoms with E-state index in [9.17, 15) is 5.11 Å². The molecule has 1 saturated heterocycles. The van der Waals surface area contributed by atoms with Crippen LogP contribution < -0.4 is 10.6 Å². The Labute approximate surface area is 125 Å². The standard InChI is InChI=1S/C17H23N3O/c1-12(21)13-6-8-20(9-7-13)17-14(10-18)11-19-16-5-3-2-4-15(16)17/h2-5,11-13,21H,6-10,18H2,1H3. The molecule has 1 unspecified atom stereocenters. The van der Waals surface area contributed by atoms with Crippen LogP contribution in [0.5, 0.6) is 0 Å². The molecule has 2 aromatic rings. The first kappa shape index (κ1) is 14.3. The quantitative estimate of drug-likeness (QED) is 0.908. The predicted molar refractivity (Wildman–Crippen MR) is 86.3 cm³/mol. The van der Waals surface area contributed by atoms with E-state index < -0.39 is 0 Å². The van der Waals surface area contributed by atoms with E-state index in [0.717, 1.165) is 37.0 Å². The average Bonchev–Trinajstić information content (AvgIpc) is 2.53. The highest BCUT2D eigenvalue weighted by Crippen LogP contribution is 2.33. The zero-order valence-corrected chi connectivity index (χ0v) is 12.5. The monoisotopic (exact) mass is 285 g/mol. The number of hydrogen-bond acceptors (Lipinski definition) is 4. The van der Waals surface area contributed by atoms with Gasteiger partial charge in [0.25, 0.3) is 0 Å². The fourth-order valence-electron chi connectivity index (χ4n) is 3.30. The molecule has 0 bridgehead atoms. The second kappa shape index (κ2) is 6.00. The number of nitrogens with zero attached hydrogens (tertiary/aromatic N) is 2. The first-order chi connectivity index (χ1) is 10.2. The zero-order chi connectivity index (χ0) is 14.8. The third-order valence-electron chi connectivity index (χ3n) is 4.58. The molecule has 3 rings (SSSR count). The molecule has 0 saturated carbocycles. The van der Waals surface area contributed by atoms with Crippen molar-refractivity contribution in [3.05, 3.63) is 36.0 Å². The average molecular weight is 285 g/mol. The van der Waals surface area contributed by atoms with Gasteiger partial charge >= 0.3 is 0 Å². The minimum absolute atomic E-state index is 0.213. The number of nitrogens with two attached hydrogens (primary N) is 1. The number of pyridine rings is 1. The first-order valence-corrected chi connectivity index (χ1v) is 7.70. The molecular formula is C17H23N3O. The summed E-state index contributed by atoms with van der Waals surface area (Å²) >= 11 is 0. The minimum atomic E-state index is -0.213. The summed E-state index contributed by atoms with van der Waals surface area (Å²) in [4.78, 5) is 6.91. The van der Waals surface area contributed by atoms with E-state index in [1.165, 1.54) is 11.1 Å². The number of piperidine rings is 1. The fourth-order valence-corrected chi connectivity index (χ4v) is 3.30. The second-order valence-corrected chi connectivity index (χ2v) is 5.92. The van der Waals surface area contributed by atoms with Gasteiger partial charge in [0.15, 0.2) is 0 Å². The second-order valence-electron chi connectivity index (χ2n) is 5.92. The van der Waals surface area contributed by atoms with Gasteiger partial charge in [0.05, 0.1) is 17.3 Å². The van der Waals surface area contributed by atoms with Gasteiger partial charge in [0.2, 0.25) is 0 Å². The number of aliphatic hydroxyl groups is 1. The van der Waals surface area contributed by atoms with E-state index in [-0.39, 0.29) is 6.10 Å². The fraction of sp³-hybridized carbons (Fsp3) is 0.471. The maximum Gasteiger partial charge on any atom is 0.0723 e. The third-order valence-corrected chi connectivity index (χ3v) is 4.58. The highest BCUT2D eigenvalue weighted by atomic mass is 16.3. The van der Waals surface area contributed by atoms with Gasteiger partial charge in [-0.15, -0.1) is 0 Å². The summed E-state index contributed by atoms with van der Waals surface area (Å²) in [5.41, 5.74) is 9.26. The van der Waals surface area contributed by atoms with Crippen molar-refractivity contribution >= 4 is 16.6 Å². The van der Waals surface area contributed by atoms with Crippen LogP contribution in [0.25, 0.3) is 10.9 Å². The smallest absolute Gasteiger partial charge is 0.0723 e. The van der Waals surface area contributed by atoms with E-state index in [2.05, 4.69) is 22.0 Å². The lowest BCUT2D eigenvalue weighted by molar-refractivity contribution is 0.110. The van der Waals surface area contributed by atoms with Crippen molar-refractivity contribution in [3.63, 3.8) is 0 Å². The molecule has 1 aliphatic heterocycles. The molecule has 1 aromatic carbocycles. The van der Waals surface area contributed by atoms with Crippen molar-refractivity contribution in [1.29, 1.82) is 0 Å². The maximum atomic E-state index is 9.76. The van der Waals surface area contributed by atoms with Crippen LogP contribution >= 0.6 is 0 Å². The Hall–Kier alpha value is -1.65. The van der Waals surface area contributed by atoms with E-state index in [0.29, 0.717) is 12.5 Å². The Balaban J connectivity index is 1.96. The summed E-state index contributed by atoms with van der Waals surface area (Å²) in [6, 6.07) is 8.23. The number of fused-ring (bicyclic) bond motifs is 1. The molecule has 1 atom stereocenters. The Kier molecular flexibility index (Phi) is 4.08. The first-order valence-electron chi connectivity index (χ1n) is 7.70. The lowest BCUT2D eigenvalue weighted by Crippen LogP contribution is -2.37. The number of rotatable bonds is 3. The van der Waals surface area contributed by atoms with Crippen molar-refractivity contribution in [2.45, 2.75) is 32.4 Å². The zero-order valence-electron chi connectivity index (χ0n) is 12.5. The van der Waals surface area contributed by atoms with Crippen LogP contribution in [0.4, 0.5) is 5.69 Å². The van der Waals surface area contributed by atoms with Crippen LogP contribution in [0.2, 0.25) is 0 Å². The summed E-state index contributed by atoms with van der Waals surface area (Å²) in [5, 5.41) is 10.9. The number of hydrogen-bond donors (Lipinski definition) is 2. The van der Waals surface area contributed by atoms with Crippen molar-refractivity contribution in [2.24, 2.45) is 11.7 Å². The van der Waals surface area contributed by atoms with Gasteiger partial charge in [0, 0.05) is 36.8 Å². The number of benzene rings is 1. The van der Waals surface area contributed by atoms with Gasteiger partial charge in [-0.3, -0.25) is 4.98 Å². The summed E-state index contributed by atoms with van der Waals surface area (Å²) in [5.74, 6) is 0.413. The van der Waals surface area contributed by atoms with Crippen molar-refractivity contribution < 1.29 is 5.11 Å². The summed E-state index contributed by atoms with van der Waals surface area (Å²) < 4.78 is 0. The van der Waals surface area contributed by atoms with Gasteiger partial charge < -0.3 is 15.7 Å². The van der Waals surface area contributed by atoms with E-state index in [4.69, 9.17) is 5.73 Å². The lowest BCUT2D eigenvalue weighted by atomic mass is 9.91. The molecule has 4 nitrogen and oxygen atoms in total. The van der Waals surface area contributed by atoms with Gasteiger partial charge in [-0.1, -0.05) is 18.2 Å². The van der Waals surface area contributed by atoms with Gasteiger partial charge in [-0.2, -0.15) is 0 Å². The number of aromatic nitrogens is 1. The summed E-state index contributed by atoms with van der Waals surface area (Å²) in [7, 11) is 0. The predicted octanol–water partition coefficient (Wildman–Crippen LogP) is 2.29. The minimum Gasteiger partial charge on any atom is -0.393 e. The van der Waals surface area contributed by atoms with Gasteiger partial charge in [-0.25, -0.2) is 0 Å². The van der Waals surface area contributed by atoms with Crippen LogP contribution in [-0.2, 0) is 6.54 Å².